The molecular formula is C9H8BrN3S. The molecule has 0 atom stereocenters. The molecule has 0 unspecified atom stereocenters. The zero-order valence-corrected chi connectivity index (χ0v) is 9.89. The van der Waals surface area contributed by atoms with E-state index in [4.69, 9.17) is 5.73 Å². The third-order valence-electron chi connectivity index (χ3n) is 1.73. The van der Waals surface area contributed by atoms with E-state index in [1.54, 1.807) is 0 Å². The maximum Gasteiger partial charge on any atom is 0.203 e. The van der Waals surface area contributed by atoms with Crippen LogP contribution in [-0.2, 0) is 0 Å². The molecule has 1 aromatic heterocycles. The van der Waals surface area contributed by atoms with Crippen LogP contribution in [-0.4, -0.2) is 10.2 Å². The van der Waals surface area contributed by atoms with Crippen molar-refractivity contribution in [3.63, 3.8) is 0 Å². The number of halogens is 1. The lowest BCUT2D eigenvalue weighted by molar-refractivity contribution is 1.10. The average Bonchev–Trinajstić information content (AvgIpc) is 2.50. The molecule has 72 valence electrons. The van der Waals surface area contributed by atoms with Crippen molar-refractivity contribution >= 4 is 32.4 Å². The first-order chi connectivity index (χ1) is 6.65. The smallest absolute Gasteiger partial charge is 0.203 e. The van der Waals surface area contributed by atoms with Crippen molar-refractivity contribution in [1.29, 1.82) is 0 Å². The predicted octanol–water partition coefficient (Wildman–Crippen LogP) is 2.86. The summed E-state index contributed by atoms with van der Waals surface area (Å²) in [5.41, 5.74) is 7.76. The molecule has 2 aromatic rings. The van der Waals surface area contributed by atoms with E-state index >= 15 is 0 Å². The van der Waals surface area contributed by atoms with Crippen LogP contribution in [0.1, 0.15) is 5.56 Å². The summed E-state index contributed by atoms with van der Waals surface area (Å²) in [4.78, 5) is 0. The summed E-state index contributed by atoms with van der Waals surface area (Å²) in [6, 6.07) is 6.12. The van der Waals surface area contributed by atoms with Gasteiger partial charge in [0.25, 0.3) is 0 Å². The molecule has 2 rings (SSSR count). The second-order valence-electron chi connectivity index (χ2n) is 2.96. The molecule has 1 heterocycles. The lowest BCUT2D eigenvalue weighted by Gasteiger charge is -1.99. The van der Waals surface area contributed by atoms with Gasteiger partial charge in [0.15, 0.2) is 0 Å². The molecule has 14 heavy (non-hydrogen) atoms. The molecule has 0 saturated carbocycles. The van der Waals surface area contributed by atoms with Crippen molar-refractivity contribution in [3.8, 4) is 10.6 Å². The highest BCUT2D eigenvalue weighted by Gasteiger charge is 2.05. The molecule has 0 radical (unpaired) electrons. The van der Waals surface area contributed by atoms with Gasteiger partial charge in [0.2, 0.25) is 5.13 Å². The van der Waals surface area contributed by atoms with Crippen molar-refractivity contribution in [3.05, 3.63) is 28.2 Å². The molecule has 5 heteroatoms. The third-order valence-corrected chi connectivity index (χ3v) is 2.99. The van der Waals surface area contributed by atoms with E-state index < -0.39 is 0 Å². The molecule has 0 amide bonds. The van der Waals surface area contributed by atoms with Gasteiger partial charge in [0.1, 0.15) is 5.01 Å². The van der Waals surface area contributed by atoms with Crippen LogP contribution in [0, 0.1) is 6.92 Å². The zero-order chi connectivity index (χ0) is 10.1. The van der Waals surface area contributed by atoms with E-state index in [2.05, 4.69) is 32.2 Å². The summed E-state index contributed by atoms with van der Waals surface area (Å²) in [7, 11) is 0. The fourth-order valence-electron chi connectivity index (χ4n) is 1.21. The van der Waals surface area contributed by atoms with E-state index in [1.807, 2.05) is 19.1 Å². The Balaban J connectivity index is 2.51. The number of aryl methyl sites for hydroxylation is 1. The fourth-order valence-corrected chi connectivity index (χ4v) is 2.42. The molecule has 0 fully saturated rings. The first-order valence-electron chi connectivity index (χ1n) is 4.02. The van der Waals surface area contributed by atoms with Crippen LogP contribution in [0.2, 0.25) is 0 Å². The third kappa shape index (κ3) is 1.93. The van der Waals surface area contributed by atoms with Gasteiger partial charge in [0, 0.05) is 10.0 Å². The number of hydrogen-bond acceptors (Lipinski definition) is 4. The number of anilines is 1. The molecule has 0 saturated heterocycles. The van der Waals surface area contributed by atoms with E-state index in [1.165, 1.54) is 16.9 Å². The minimum absolute atomic E-state index is 0.498. The molecule has 0 bridgehead atoms. The van der Waals surface area contributed by atoms with Crippen molar-refractivity contribution in [2.45, 2.75) is 6.92 Å². The number of rotatable bonds is 1. The molecule has 2 N–H and O–H groups in total. The standard InChI is InChI=1S/C9H8BrN3S/c1-5-2-6(4-7(10)3-5)8-12-13-9(11)14-8/h2-4H,1H3,(H2,11,13). The van der Waals surface area contributed by atoms with Gasteiger partial charge in [-0.05, 0) is 30.7 Å². The summed E-state index contributed by atoms with van der Waals surface area (Å²) in [5, 5.41) is 9.13. The van der Waals surface area contributed by atoms with Gasteiger partial charge in [-0.15, -0.1) is 10.2 Å². The van der Waals surface area contributed by atoms with Crippen molar-refractivity contribution in [2.24, 2.45) is 0 Å². The van der Waals surface area contributed by atoms with Gasteiger partial charge >= 0.3 is 0 Å². The zero-order valence-electron chi connectivity index (χ0n) is 7.49. The van der Waals surface area contributed by atoms with Crippen LogP contribution in [0.3, 0.4) is 0 Å². The Morgan fingerprint density at radius 1 is 1.29 bits per heavy atom. The highest BCUT2D eigenvalue weighted by Crippen LogP contribution is 2.28. The van der Waals surface area contributed by atoms with Gasteiger partial charge in [-0.25, -0.2) is 0 Å². The number of nitrogens with zero attached hydrogens (tertiary/aromatic N) is 2. The number of benzene rings is 1. The molecule has 0 aliphatic rings. The number of aromatic nitrogens is 2. The quantitative estimate of drug-likeness (QED) is 0.866. The number of nitrogens with two attached hydrogens (primary N) is 1. The Hall–Kier alpha value is -0.940. The second-order valence-corrected chi connectivity index (χ2v) is 4.89. The Kier molecular flexibility index (Phi) is 2.52. The Labute approximate surface area is 94.1 Å². The van der Waals surface area contributed by atoms with E-state index in [0.717, 1.165) is 15.0 Å². The van der Waals surface area contributed by atoms with Crippen LogP contribution in [0.4, 0.5) is 5.13 Å². The van der Waals surface area contributed by atoms with Crippen molar-refractivity contribution in [1.82, 2.24) is 10.2 Å². The van der Waals surface area contributed by atoms with Crippen molar-refractivity contribution < 1.29 is 0 Å². The number of hydrogen-bond donors (Lipinski definition) is 1. The molecule has 0 aliphatic heterocycles. The van der Waals surface area contributed by atoms with Crippen molar-refractivity contribution in [2.75, 3.05) is 5.73 Å². The highest BCUT2D eigenvalue weighted by atomic mass is 79.9. The Bertz CT molecular complexity index is 447. The van der Waals surface area contributed by atoms with E-state index in [9.17, 15) is 0 Å². The lowest BCUT2D eigenvalue weighted by atomic mass is 10.1. The van der Waals surface area contributed by atoms with E-state index in [0.29, 0.717) is 5.13 Å². The maximum atomic E-state index is 5.53. The molecule has 0 aliphatic carbocycles. The minimum atomic E-state index is 0.498. The maximum absolute atomic E-state index is 5.53. The molecule has 0 spiro atoms. The average molecular weight is 270 g/mol. The van der Waals surface area contributed by atoms with Crippen LogP contribution < -0.4 is 5.73 Å². The largest absolute Gasteiger partial charge is 0.374 e. The van der Waals surface area contributed by atoms with E-state index in [-0.39, 0.29) is 0 Å². The summed E-state index contributed by atoms with van der Waals surface area (Å²) in [6.45, 7) is 2.04. The lowest BCUT2D eigenvalue weighted by Crippen LogP contribution is -1.81. The minimum Gasteiger partial charge on any atom is -0.374 e. The summed E-state index contributed by atoms with van der Waals surface area (Å²) in [5.74, 6) is 0. The summed E-state index contributed by atoms with van der Waals surface area (Å²) in [6.07, 6.45) is 0. The first kappa shape index (κ1) is 9.61. The second kappa shape index (κ2) is 3.67. The van der Waals surface area contributed by atoms with Gasteiger partial charge in [-0.2, -0.15) is 0 Å². The Morgan fingerprint density at radius 3 is 2.64 bits per heavy atom. The van der Waals surface area contributed by atoms with Gasteiger partial charge in [0.05, 0.1) is 0 Å². The monoisotopic (exact) mass is 269 g/mol. The summed E-state index contributed by atoms with van der Waals surface area (Å²) >= 11 is 4.84. The molecule has 3 nitrogen and oxygen atoms in total. The highest BCUT2D eigenvalue weighted by molar-refractivity contribution is 9.10. The topological polar surface area (TPSA) is 51.8 Å². The first-order valence-corrected chi connectivity index (χ1v) is 5.62. The van der Waals surface area contributed by atoms with Crippen LogP contribution >= 0.6 is 27.3 Å². The Morgan fingerprint density at radius 2 is 2.07 bits per heavy atom. The predicted molar refractivity (Wildman–Crippen MR) is 62.2 cm³/mol. The molecule has 1 aromatic carbocycles. The van der Waals surface area contributed by atoms with Gasteiger partial charge < -0.3 is 5.73 Å². The number of nitrogen functional groups attached to an aromatic ring is 1. The van der Waals surface area contributed by atoms with Gasteiger partial charge in [-0.1, -0.05) is 27.3 Å². The summed E-state index contributed by atoms with van der Waals surface area (Å²) < 4.78 is 1.04. The fraction of sp³-hybridized carbons (Fsp3) is 0.111. The normalized spacial score (nSPS) is 10.4. The van der Waals surface area contributed by atoms with Gasteiger partial charge in [-0.3, -0.25) is 0 Å². The SMILES string of the molecule is Cc1cc(Br)cc(-c2nnc(N)s2)c1. The van der Waals surface area contributed by atoms with Crippen LogP contribution in [0.15, 0.2) is 22.7 Å². The van der Waals surface area contributed by atoms with Crippen LogP contribution in [0.5, 0.6) is 0 Å². The van der Waals surface area contributed by atoms with Crippen LogP contribution in [0.25, 0.3) is 10.6 Å². The molecular weight excluding hydrogens is 262 g/mol.